The van der Waals surface area contributed by atoms with E-state index in [0.29, 0.717) is 11.5 Å². The quantitative estimate of drug-likeness (QED) is 0.439. The van der Waals surface area contributed by atoms with Crippen molar-refractivity contribution in [3.8, 4) is 0 Å². The number of hydrogen-bond donors (Lipinski definition) is 4. The highest BCUT2D eigenvalue weighted by Crippen LogP contribution is 2.30. The molecular weight excluding hydrogens is 326 g/mol. The lowest BCUT2D eigenvalue weighted by Crippen LogP contribution is -2.35. The summed E-state index contributed by atoms with van der Waals surface area (Å²) in [6.07, 6.45) is 9.22. The Morgan fingerprint density at radius 1 is 1.23 bits per heavy atom. The van der Waals surface area contributed by atoms with Gasteiger partial charge in [-0.05, 0) is 51.7 Å². The molecule has 1 atom stereocenters. The maximum absolute atomic E-state index is 6.35. The summed E-state index contributed by atoms with van der Waals surface area (Å²) in [6, 6.07) is 0. The van der Waals surface area contributed by atoms with E-state index in [4.69, 9.17) is 11.5 Å². The monoisotopic (exact) mass is 357 g/mol. The van der Waals surface area contributed by atoms with E-state index in [2.05, 4.69) is 32.1 Å². The first-order valence-corrected chi connectivity index (χ1v) is 9.13. The Hall–Kier alpha value is -2.70. The third kappa shape index (κ3) is 4.91. The van der Waals surface area contributed by atoms with Crippen LogP contribution < -0.4 is 27.0 Å². The molecule has 2 rings (SSSR count). The number of allylic oxidation sites excluding steroid dienone is 4. The molecule has 1 aliphatic heterocycles. The summed E-state index contributed by atoms with van der Waals surface area (Å²) in [5.74, 6) is 1.49. The molecule has 1 unspecified atom stereocenters. The van der Waals surface area contributed by atoms with Gasteiger partial charge in [0.05, 0.1) is 6.17 Å². The van der Waals surface area contributed by atoms with Gasteiger partial charge in [0.2, 0.25) is 5.95 Å². The van der Waals surface area contributed by atoms with E-state index >= 15 is 0 Å². The van der Waals surface area contributed by atoms with Crippen molar-refractivity contribution in [2.75, 3.05) is 34.8 Å². The molecule has 1 aromatic heterocycles. The van der Waals surface area contributed by atoms with Crippen LogP contribution >= 0.6 is 0 Å². The standard InChI is InChI=1S/C19H31N7/c1-5-10-13(3)15(6-2)22-14(4)23-17-16(20)18(25-19(21)24-17)26-11-8-7-9-12-26/h5-6,10,14,22H,2,7-9,11-12,20H2,1,3-4H3,(H3,21,23,24,25)/b10-5-,15-13+. The first-order chi connectivity index (χ1) is 12.5. The Morgan fingerprint density at radius 2 is 1.92 bits per heavy atom. The number of piperidine rings is 1. The van der Waals surface area contributed by atoms with Crippen LogP contribution in [0.5, 0.6) is 0 Å². The van der Waals surface area contributed by atoms with Gasteiger partial charge in [-0.3, -0.25) is 0 Å². The van der Waals surface area contributed by atoms with Crippen molar-refractivity contribution in [1.82, 2.24) is 15.3 Å². The van der Waals surface area contributed by atoms with E-state index in [1.165, 1.54) is 6.42 Å². The highest BCUT2D eigenvalue weighted by atomic mass is 15.3. The summed E-state index contributed by atoms with van der Waals surface area (Å²) in [5.41, 5.74) is 14.8. The van der Waals surface area contributed by atoms with Gasteiger partial charge in [0.25, 0.3) is 0 Å². The van der Waals surface area contributed by atoms with Crippen molar-refractivity contribution < 1.29 is 0 Å². The number of hydrogen-bond acceptors (Lipinski definition) is 7. The molecule has 7 nitrogen and oxygen atoms in total. The molecule has 0 spiro atoms. The maximum Gasteiger partial charge on any atom is 0.224 e. The molecule has 1 saturated heterocycles. The fourth-order valence-electron chi connectivity index (χ4n) is 3.08. The number of nitrogens with zero attached hydrogens (tertiary/aromatic N) is 3. The molecule has 0 aromatic carbocycles. The average Bonchev–Trinajstić information content (AvgIpc) is 2.63. The van der Waals surface area contributed by atoms with Gasteiger partial charge in [-0.1, -0.05) is 18.7 Å². The molecule has 142 valence electrons. The highest BCUT2D eigenvalue weighted by Gasteiger charge is 2.19. The summed E-state index contributed by atoms with van der Waals surface area (Å²) < 4.78 is 0. The summed E-state index contributed by atoms with van der Waals surface area (Å²) >= 11 is 0. The fraction of sp³-hybridized carbons (Fsp3) is 0.474. The van der Waals surface area contributed by atoms with Crippen LogP contribution in [0.3, 0.4) is 0 Å². The minimum atomic E-state index is -0.117. The predicted octanol–water partition coefficient (Wildman–Crippen LogP) is 3.01. The third-order valence-electron chi connectivity index (χ3n) is 4.37. The maximum atomic E-state index is 6.35. The van der Waals surface area contributed by atoms with Gasteiger partial charge in [0.1, 0.15) is 5.69 Å². The van der Waals surface area contributed by atoms with Crippen molar-refractivity contribution >= 4 is 23.3 Å². The van der Waals surface area contributed by atoms with E-state index in [-0.39, 0.29) is 12.1 Å². The van der Waals surface area contributed by atoms with Crippen LogP contribution in [0, 0.1) is 0 Å². The molecule has 0 saturated carbocycles. The van der Waals surface area contributed by atoms with Gasteiger partial charge in [0.15, 0.2) is 11.6 Å². The second-order valence-corrected chi connectivity index (χ2v) is 6.53. The van der Waals surface area contributed by atoms with E-state index in [0.717, 1.165) is 43.0 Å². The summed E-state index contributed by atoms with van der Waals surface area (Å²) in [4.78, 5) is 10.8. The first kappa shape index (κ1) is 19.6. The van der Waals surface area contributed by atoms with Gasteiger partial charge in [-0.15, -0.1) is 0 Å². The Balaban J connectivity index is 2.19. The number of nitrogen functional groups attached to an aromatic ring is 2. The largest absolute Gasteiger partial charge is 0.393 e. The zero-order valence-corrected chi connectivity index (χ0v) is 16.0. The van der Waals surface area contributed by atoms with Crippen LogP contribution in [0.4, 0.5) is 23.3 Å². The minimum Gasteiger partial charge on any atom is -0.393 e. The zero-order chi connectivity index (χ0) is 19.1. The molecule has 0 radical (unpaired) electrons. The van der Waals surface area contributed by atoms with Gasteiger partial charge in [0, 0.05) is 18.8 Å². The zero-order valence-electron chi connectivity index (χ0n) is 16.0. The van der Waals surface area contributed by atoms with E-state index < -0.39 is 0 Å². The van der Waals surface area contributed by atoms with Crippen LogP contribution in [0.1, 0.15) is 40.0 Å². The first-order valence-electron chi connectivity index (χ1n) is 9.13. The molecule has 1 fully saturated rings. The van der Waals surface area contributed by atoms with Crippen molar-refractivity contribution in [3.05, 3.63) is 36.1 Å². The van der Waals surface area contributed by atoms with Crippen LogP contribution in [-0.2, 0) is 0 Å². The van der Waals surface area contributed by atoms with Gasteiger partial charge in [-0.2, -0.15) is 9.97 Å². The second-order valence-electron chi connectivity index (χ2n) is 6.53. The number of rotatable bonds is 7. The lowest BCUT2D eigenvalue weighted by Gasteiger charge is -2.29. The number of anilines is 4. The van der Waals surface area contributed by atoms with Crippen molar-refractivity contribution in [2.24, 2.45) is 0 Å². The van der Waals surface area contributed by atoms with Crippen LogP contribution in [0.2, 0.25) is 0 Å². The third-order valence-corrected chi connectivity index (χ3v) is 4.37. The number of nitrogens with one attached hydrogen (secondary N) is 2. The number of aromatic nitrogens is 2. The molecule has 1 aromatic rings. The minimum absolute atomic E-state index is 0.117. The van der Waals surface area contributed by atoms with Crippen molar-refractivity contribution in [2.45, 2.75) is 46.2 Å². The molecule has 1 aliphatic rings. The summed E-state index contributed by atoms with van der Waals surface area (Å²) in [5, 5.41) is 6.67. The molecule has 6 N–H and O–H groups in total. The summed E-state index contributed by atoms with van der Waals surface area (Å²) in [6.45, 7) is 11.8. The van der Waals surface area contributed by atoms with Crippen LogP contribution in [0.25, 0.3) is 0 Å². The van der Waals surface area contributed by atoms with E-state index in [1.54, 1.807) is 6.08 Å². The van der Waals surface area contributed by atoms with Crippen LogP contribution in [0.15, 0.2) is 36.1 Å². The van der Waals surface area contributed by atoms with Crippen molar-refractivity contribution in [1.29, 1.82) is 0 Å². The molecule has 2 heterocycles. The topological polar surface area (TPSA) is 105 Å². The lowest BCUT2D eigenvalue weighted by molar-refractivity contribution is 0.574. The van der Waals surface area contributed by atoms with Gasteiger partial charge >= 0.3 is 0 Å². The normalized spacial score (nSPS) is 17.0. The molecule has 0 amide bonds. The fourth-order valence-corrected chi connectivity index (χ4v) is 3.08. The van der Waals surface area contributed by atoms with E-state index in [1.807, 2.05) is 32.9 Å². The average molecular weight is 358 g/mol. The molecule has 0 aliphatic carbocycles. The Morgan fingerprint density at radius 3 is 2.54 bits per heavy atom. The summed E-state index contributed by atoms with van der Waals surface area (Å²) in [7, 11) is 0. The number of nitrogens with two attached hydrogens (primary N) is 2. The van der Waals surface area contributed by atoms with Gasteiger partial charge < -0.3 is 27.0 Å². The lowest BCUT2D eigenvalue weighted by atomic mass is 10.1. The van der Waals surface area contributed by atoms with Crippen LogP contribution in [-0.4, -0.2) is 29.2 Å². The highest BCUT2D eigenvalue weighted by molar-refractivity contribution is 5.76. The predicted molar refractivity (Wildman–Crippen MR) is 111 cm³/mol. The van der Waals surface area contributed by atoms with Crippen molar-refractivity contribution in [3.63, 3.8) is 0 Å². The Bertz CT molecular complexity index is 687. The second kappa shape index (κ2) is 9.12. The Labute approximate surface area is 156 Å². The Kier molecular flexibility index (Phi) is 6.89. The van der Waals surface area contributed by atoms with Gasteiger partial charge in [-0.25, -0.2) is 0 Å². The smallest absolute Gasteiger partial charge is 0.224 e. The molecule has 0 bridgehead atoms. The molecular formula is C19H31N7. The SMILES string of the molecule is C=C/C(NC(C)Nc1nc(N)nc(N2CCCCC2)c1N)=C(C)\C=C/C. The molecule has 26 heavy (non-hydrogen) atoms. The molecule has 7 heteroatoms. The van der Waals surface area contributed by atoms with E-state index in [9.17, 15) is 0 Å².